The number of carbonyl (C=O) groups is 1. The second kappa shape index (κ2) is 8.34. The number of nitrogens with zero attached hydrogens (tertiary/aromatic N) is 1. The molecule has 3 rings (SSSR count). The predicted molar refractivity (Wildman–Crippen MR) is 103 cm³/mol. The molecule has 0 atom stereocenters. The van der Waals surface area contributed by atoms with Crippen molar-refractivity contribution in [3.05, 3.63) is 64.8 Å². The number of nitrogens with one attached hydrogen (secondary N) is 1. The van der Waals surface area contributed by atoms with Crippen LogP contribution in [0, 0.1) is 0 Å². The monoisotopic (exact) mass is 392 g/mol. The number of thiazole rings is 1. The first-order valence-electron chi connectivity index (χ1n) is 7.51. The molecule has 0 spiro atoms. The number of amides is 1. The number of benzene rings is 2. The highest BCUT2D eigenvalue weighted by molar-refractivity contribution is 7.19. The number of carbonyl (C=O) groups excluding carboxylic acids is 1. The molecule has 0 radical (unpaired) electrons. The van der Waals surface area contributed by atoms with Crippen molar-refractivity contribution in [3.8, 4) is 16.2 Å². The molecule has 0 bridgehead atoms. The maximum atomic E-state index is 12.0. The van der Waals surface area contributed by atoms with Gasteiger partial charge < -0.3 is 10.1 Å². The molecule has 1 aromatic heterocycles. The fraction of sp³-hybridized carbons (Fsp3) is 0.111. The normalized spacial score (nSPS) is 10.5. The van der Waals surface area contributed by atoms with Crippen molar-refractivity contribution in [1.82, 2.24) is 4.98 Å². The van der Waals surface area contributed by atoms with Crippen molar-refractivity contribution in [2.45, 2.75) is 6.42 Å². The molecule has 0 aliphatic heterocycles. The Morgan fingerprint density at radius 1 is 1.12 bits per heavy atom. The summed E-state index contributed by atoms with van der Waals surface area (Å²) >= 11 is 13.3. The SMILES string of the molecule is O=C(CCOc1ccccc1)Nc1ncc(-c2ccc(Cl)c(Cl)c2)s1. The van der Waals surface area contributed by atoms with E-state index in [4.69, 9.17) is 27.9 Å². The predicted octanol–water partition coefficient (Wildman–Crippen LogP) is 5.52. The van der Waals surface area contributed by atoms with Crippen LogP contribution in [0.25, 0.3) is 10.4 Å². The summed E-state index contributed by atoms with van der Waals surface area (Å²) in [4.78, 5) is 17.1. The lowest BCUT2D eigenvalue weighted by Gasteiger charge is -2.05. The molecule has 25 heavy (non-hydrogen) atoms. The van der Waals surface area contributed by atoms with Crippen molar-refractivity contribution in [2.75, 3.05) is 11.9 Å². The van der Waals surface area contributed by atoms with Crippen LogP contribution in [0.4, 0.5) is 5.13 Å². The zero-order valence-electron chi connectivity index (χ0n) is 13.0. The summed E-state index contributed by atoms with van der Waals surface area (Å²) in [5, 5.41) is 4.29. The van der Waals surface area contributed by atoms with Crippen LogP contribution in [-0.4, -0.2) is 17.5 Å². The van der Waals surface area contributed by atoms with Gasteiger partial charge in [-0.05, 0) is 29.8 Å². The minimum Gasteiger partial charge on any atom is -0.493 e. The van der Waals surface area contributed by atoms with Crippen LogP contribution in [0.15, 0.2) is 54.7 Å². The van der Waals surface area contributed by atoms with E-state index in [1.807, 2.05) is 36.4 Å². The third-order valence-corrected chi connectivity index (χ3v) is 5.00. The number of hydrogen-bond acceptors (Lipinski definition) is 4. The highest BCUT2D eigenvalue weighted by atomic mass is 35.5. The van der Waals surface area contributed by atoms with E-state index in [2.05, 4.69) is 10.3 Å². The first-order chi connectivity index (χ1) is 12.1. The zero-order valence-corrected chi connectivity index (χ0v) is 15.4. The molecule has 3 aromatic rings. The first-order valence-corrected chi connectivity index (χ1v) is 9.08. The molecule has 2 aromatic carbocycles. The third-order valence-electron chi connectivity index (χ3n) is 3.30. The van der Waals surface area contributed by atoms with Gasteiger partial charge in [0.2, 0.25) is 5.91 Å². The Balaban J connectivity index is 1.54. The molecule has 0 aliphatic rings. The highest BCUT2D eigenvalue weighted by Gasteiger charge is 2.09. The largest absolute Gasteiger partial charge is 0.493 e. The van der Waals surface area contributed by atoms with Gasteiger partial charge in [-0.2, -0.15) is 0 Å². The van der Waals surface area contributed by atoms with Gasteiger partial charge in [0.05, 0.1) is 28.0 Å². The van der Waals surface area contributed by atoms with E-state index in [9.17, 15) is 4.79 Å². The van der Waals surface area contributed by atoms with Crippen LogP contribution in [0.3, 0.4) is 0 Å². The lowest BCUT2D eigenvalue weighted by Crippen LogP contribution is -2.14. The van der Waals surface area contributed by atoms with E-state index >= 15 is 0 Å². The number of para-hydroxylation sites is 1. The van der Waals surface area contributed by atoms with Crippen molar-refractivity contribution < 1.29 is 9.53 Å². The summed E-state index contributed by atoms with van der Waals surface area (Å²) in [6.45, 7) is 0.306. The van der Waals surface area contributed by atoms with Crippen molar-refractivity contribution >= 4 is 45.6 Å². The summed E-state index contributed by atoms with van der Waals surface area (Å²) in [6.07, 6.45) is 1.94. The lowest BCUT2D eigenvalue weighted by molar-refractivity contribution is -0.116. The fourth-order valence-corrected chi connectivity index (χ4v) is 3.20. The van der Waals surface area contributed by atoms with E-state index < -0.39 is 0 Å². The van der Waals surface area contributed by atoms with Gasteiger partial charge in [-0.3, -0.25) is 4.79 Å². The number of rotatable bonds is 6. The van der Waals surface area contributed by atoms with Crippen LogP contribution in [0.2, 0.25) is 10.0 Å². The number of anilines is 1. The van der Waals surface area contributed by atoms with E-state index in [-0.39, 0.29) is 12.3 Å². The van der Waals surface area contributed by atoms with Gasteiger partial charge in [0.15, 0.2) is 5.13 Å². The molecular weight excluding hydrogens is 379 g/mol. The molecule has 7 heteroatoms. The topological polar surface area (TPSA) is 51.2 Å². The average Bonchev–Trinajstić information content (AvgIpc) is 3.06. The maximum Gasteiger partial charge on any atom is 0.229 e. The molecular formula is C18H14Cl2N2O2S. The van der Waals surface area contributed by atoms with Crippen LogP contribution in [0.5, 0.6) is 5.75 Å². The van der Waals surface area contributed by atoms with Crippen LogP contribution in [0.1, 0.15) is 6.42 Å². The van der Waals surface area contributed by atoms with Gasteiger partial charge in [-0.1, -0.05) is 58.8 Å². The van der Waals surface area contributed by atoms with E-state index in [0.29, 0.717) is 21.8 Å². The van der Waals surface area contributed by atoms with Gasteiger partial charge >= 0.3 is 0 Å². The molecule has 0 unspecified atom stereocenters. The molecule has 0 saturated heterocycles. The van der Waals surface area contributed by atoms with Crippen LogP contribution < -0.4 is 10.1 Å². The number of hydrogen-bond donors (Lipinski definition) is 1. The fourth-order valence-electron chi connectivity index (χ4n) is 2.07. The second-order valence-corrected chi connectivity index (χ2v) is 6.96. The molecule has 1 amide bonds. The lowest BCUT2D eigenvalue weighted by atomic mass is 10.2. The summed E-state index contributed by atoms with van der Waals surface area (Å²) in [7, 11) is 0. The minimum absolute atomic E-state index is 0.147. The molecule has 1 heterocycles. The molecule has 0 fully saturated rings. The maximum absolute atomic E-state index is 12.0. The summed E-state index contributed by atoms with van der Waals surface area (Å²) in [5.74, 6) is 0.595. The molecule has 0 aliphatic carbocycles. The molecule has 0 saturated carbocycles. The van der Waals surface area contributed by atoms with Crippen molar-refractivity contribution in [3.63, 3.8) is 0 Å². The number of aromatic nitrogens is 1. The van der Waals surface area contributed by atoms with Crippen molar-refractivity contribution in [1.29, 1.82) is 0 Å². The Labute approximate surface area is 159 Å². The quantitative estimate of drug-likeness (QED) is 0.600. The highest BCUT2D eigenvalue weighted by Crippen LogP contribution is 2.33. The Bertz CT molecular complexity index is 869. The zero-order chi connectivity index (χ0) is 17.6. The number of ether oxygens (including phenoxy) is 1. The summed E-state index contributed by atoms with van der Waals surface area (Å²) in [6, 6.07) is 14.7. The van der Waals surface area contributed by atoms with Gasteiger partial charge in [0.25, 0.3) is 0 Å². The first kappa shape index (κ1) is 17.7. The van der Waals surface area contributed by atoms with Gasteiger partial charge in [0.1, 0.15) is 5.75 Å². The Hall–Kier alpha value is -2.08. The standard InChI is InChI=1S/C18H14Cl2N2O2S/c19-14-7-6-12(10-15(14)20)16-11-21-18(25-16)22-17(23)8-9-24-13-4-2-1-3-5-13/h1-7,10-11H,8-9H2,(H,21,22,23). The van der Waals surface area contributed by atoms with Gasteiger partial charge in [-0.15, -0.1) is 0 Å². The molecule has 128 valence electrons. The Kier molecular flexibility index (Phi) is 5.91. The van der Waals surface area contributed by atoms with Gasteiger partial charge in [-0.25, -0.2) is 4.98 Å². The van der Waals surface area contributed by atoms with E-state index in [0.717, 1.165) is 16.2 Å². The Morgan fingerprint density at radius 2 is 1.92 bits per heavy atom. The smallest absolute Gasteiger partial charge is 0.229 e. The molecule has 4 nitrogen and oxygen atoms in total. The minimum atomic E-state index is -0.147. The second-order valence-electron chi connectivity index (χ2n) is 5.12. The average molecular weight is 393 g/mol. The van der Waals surface area contributed by atoms with E-state index in [1.165, 1.54) is 11.3 Å². The van der Waals surface area contributed by atoms with E-state index in [1.54, 1.807) is 18.3 Å². The Morgan fingerprint density at radius 3 is 2.68 bits per heavy atom. The molecule has 1 N–H and O–H groups in total. The summed E-state index contributed by atoms with van der Waals surface area (Å²) in [5.41, 5.74) is 0.903. The summed E-state index contributed by atoms with van der Waals surface area (Å²) < 4.78 is 5.51. The number of halogens is 2. The third kappa shape index (κ3) is 4.95. The van der Waals surface area contributed by atoms with Crippen LogP contribution >= 0.6 is 34.5 Å². The van der Waals surface area contributed by atoms with Crippen molar-refractivity contribution in [2.24, 2.45) is 0 Å². The van der Waals surface area contributed by atoms with Crippen LogP contribution in [-0.2, 0) is 4.79 Å². The van der Waals surface area contributed by atoms with Gasteiger partial charge in [0, 0.05) is 6.20 Å².